The summed E-state index contributed by atoms with van der Waals surface area (Å²) in [5, 5.41) is 11.8. The van der Waals surface area contributed by atoms with Crippen LogP contribution in [0.5, 0.6) is 5.75 Å². The summed E-state index contributed by atoms with van der Waals surface area (Å²) >= 11 is 6.66. The predicted molar refractivity (Wildman–Crippen MR) is 71.8 cm³/mol. The van der Waals surface area contributed by atoms with Crippen LogP contribution in [0, 0.1) is 15.5 Å². The minimum absolute atomic E-state index is 0.00440. The summed E-state index contributed by atoms with van der Waals surface area (Å²) in [6, 6.07) is 4.84. The zero-order valence-electron chi connectivity index (χ0n) is 8.99. The molecule has 6 heteroatoms. The summed E-state index contributed by atoms with van der Waals surface area (Å²) in [6.45, 7) is 0.528. The lowest BCUT2D eigenvalue weighted by molar-refractivity contribution is -0.386. The molecule has 4 nitrogen and oxygen atoms in total. The van der Waals surface area contributed by atoms with Gasteiger partial charge in [0.25, 0.3) is 0 Å². The van der Waals surface area contributed by atoms with Crippen molar-refractivity contribution in [1.82, 2.24) is 0 Å². The average Bonchev–Trinajstić information content (AvgIpc) is 3.08. The Morgan fingerprint density at radius 3 is 2.71 bits per heavy atom. The predicted octanol–water partition coefficient (Wildman–Crippen LogP) is 3.91. The monoisotopic (exact) mass is 363 g/mol. The fraction of sp³-hybridized carbons (Fsp3) is 0.455. The molecule has 0 spiro atoms. The van der Waals surface area contributed by atoms with Crippen molar-refractivity contribution >= 4 is 37.5 Å². The lowest BCUT2D eigenvalue weighted by Gasteiger charge is -2.13. The summed E-state index contributed by atoms with van der Waals surface area (Å²) in [7, 11) is 0. The van der Waals surface area contributed by atoms with Crippen LogP contribution in [0.1, 0.15) is 12.8 Å². The van der Waals surface area contributed by atoms with Gasteiger partial charge in [0.2, 0.25) is 0 Å². The average molecular weight is 365 g/mol. The molecule has 0 atom stereocenters. The van der Waals surface area contributed by atoms with E-state index in [0.29, 0.717) is 16.8 Å². The highest BCUT2D eigenvalue weighted by molar-refractivity contribution is 9.10. The van der Waals surface area contributed by atoms with Crippen molar-refractivity contribution in [2.24, 2.45) is 5.41 Å². The van der Waals surface area contributed by atoms with Gasteiger partial charge >= 0.3 is 5.69 Å². The largest absolute Gasteiger partial charge is 0.486 e. The Balaban J connectivity index is 2.12. The van der Waals surface area contributed by atoms with E-state index in [-0.39, 0.29) is 11.1 Å². The number of nitro groups is 1. The van der Waals surface area contributed by atoms with E-state index in [2.05, 4.69) is 31.9 Å². The molecule has 0 N–H and O–H groups in total. The van der Waals surface area contributed by atoms with E-state index >= 15 is 0 Å². The van der Waals surface area contributed by atoms with E-state index in [1.165, 1.54) is 6.07 Å². The van der Waals surface area contributed by atoms with Gasteiger partial charge in [-0.3, -0.25) is 10.1 Å². The van der Waals surface area contributed by atoms with E-state index in [1.54, 1.807) is 12.1 Å². The fourth-order valence-electron chi connectivity index (χ4n) is 1.48. The third-order valence-electron chi connectivity index (χ3n) is 2.89. The van der Waals surface area contributed by atoms with Crippen LogP contribution < -0.4 is 4.74 Å². The molecule has 17 heavy (non-hydrogen) atoms. The lowest BCUT2D eigenvalue weighted by Crippen LogP contribution is -2.14. The van der Waals surface area contributed by atoms with Crippen molar-refractivity contribution in [3.8, 4) is 5.75 Å². The van der Waals surface area contributed by atoms with Gasteiger partial charge in [-0.05, 0) is 25.0 Å². The van der Waals surface area contributed by atoms with Crippen LogP contribution in [0.25, 0.3) is 0 Å². The quantitative estimate of drug-likeness (QED) is 0.452. The molecule has 1 fully saturated rings. The van der Waals surface area contributed by atoms with Gasteiger partial charge in [-0.15, -0.1) is 0 Å². The molecule has 1 aliphatic carbocycles. The second-order valence-corrected chi connectivity index (χ2v) is 5.77. The molecular formula is C11H11Br2NO3. The van der Waals surface area contributed by atoms with Gasteiger partial charge in [-0.25, -0.2) is 0 Å². The Morgan fingerprint density at radius 2 is 2.18 bits per heavy atom. The van der Waals surface area contributed by atoms with E-state index in [0.717, 1.165) is 18.2 Å². The van der Waals surface area contributed by atoms with Crippen molar-refractivity contribution in [1.29, 1.82) is 0 Å². The molecule has 0 aromatic heterocycles. The number of nitro benzene ring substituents is 1. The molecule has 0 bridgehead atoms. The molecule has 1 aromatic rings. The van der Waals surface area contributed by atoms with Crippen LogP contribution in [-0.4, -0.2) is 16.9 Å². The zero-order valence-corrected chi connectivity index (χ0v) is 12.2. The molecule has 0 radical (unpaired) electrons. The molecule has 0 amide bonds. The van der Waals surface area contributed by atoms with Crippen molar-refractivity contribution in [3.05, 3.63) is 32.8 Å². The number of benzene rings is 1. The van der Waals surface area contributed by atoms with E-state index in [4.69, 9.17) is 4.74 Å². The van der Waals surface area contributed by atoms with E-state index in [9.17, 15) is 10.1 Å². The molecular weight excluding hydrogens is 354 g/mol. The lowest BCUT2D eigenvalue weighted by atomic mass is 10.2. The maximum atomic E-state index is 10.9. The summed E-state index contributed by atoms with van der Waals surface area (Å²) in [6.07, 6.45) is 2.23. The SMILES string of the molecule is O=[N+]([O-])c1cc(Br)ccc1OCC1(CBr)CC1. The summed E-state index contributed by atoms with van der Waals surface area (Å²) in [5.41, 5.74) is 0.186. The molecule has 0 unspecified atom stereocenters. The summed E-state index contributed by atoms with van der Waals surface area (Å²) in [5.74, 6) is 0.338. The van der Waals surface area contributed by atoms with Crippen LogP contribution in [0.15, 0.2) is 22.7 Å². The van der Waals surface area contributed by atoms with Crippen LogP contribution in [-0.2, 0) is 0 Å². The van der Waals surface area contributed by atoms with Crippen molar-refractivity contribution < 1.29 is 9.66 Å². The second kappa shape index (κ2) is 4.94. The first-order valence-electron chi connectivity index (χ1n) is 5.19. The number of ether oxygens (including phenoxy) is 1. The number of rotatable bonds is 5. The molecule has 0 aliphatic heterocycles. The van der Waals surface area contributed by atoms with Gasteiger partial charge in [0.1, 0.15) is 0 Å². The minimum Gasteiger partial charge on any atom is -0.486 e. The van der Waals surface area contributed by atoms with Gasteiger partial charge < -0.3 is 4.74 Å². The second-order valence-electron chi connectivity index (χ2n) is 4.29. The number of hydrogen-bond donors (Lipinski definition) is 0. The number of alkyl halides is 1. The third-order valence-corrected chi connectivity index (χ3v) is 4.57. The Bertz CT molecular complexity index is 446. The Kier molecular flexibility index (Phi) is 3.73. The highest BCUT2D eigenvalue weighted by Crippen LogP contribution is 2.47. The van der Waals surface area contributed by atoms with Gasteiger partial charge in [0.15, 0.2) is 5.75 Å². The Labute approximate surface area is 116 Å². The summed E-state index contributed by atoms with van der Waals surface area (Å²) < 4.78 is 6.26. The van der Waals surface area contributed by atoms with Gasteiger partial charge in [-0.2, -0.15) is 0 Å². The van der Waals surface area contributed by atoms with Crippen LogP contribution in [0.3, 0.4) is 0 Å². The molecule has 92 valence electrons. The molecule has 1 aliphatic rings. The molecule has 0 saturated heterocycles. The van der Waals surface area contributed by atoms with Crippen molar-refractivity contribution in [2.45, 2.75) is 12.8 Å². The maximum Gasteiger partial charge on any atom is 0.312 e. The van der Waals surface area contributed by atoms with Crippen molar-refractivity contribution in [2.75, 3.05) is 11.9 Å². The Morgan fingerprint density at radius 1 is 1.47 bits per heavy atom. The van der Waals surface area contributed by atoms with Gasteiger partial charge in [0.05, 0.1) is 11.5 Å². The van der Waals surface area contributed by atoms with Gasteiger partial charge in [-0.1, -0.05) is 31.9 Å². The maximum absolute atomic E-state index is 10.9. The summed E-state index contributed by atoms with van der Waals surface area (Å²) in [4.78, 5) is 10.5. The molecule has 0 heterocycles. The van der Waals surface area contributed by atoms with Crippen LogP contribution in [0.2, 0.25) is 0 Å². The fourth-order valence-corrected chi connectivity index (χ4v) is 2.55. The topological polar surface area (TPSA) is 52.4 Å². The van der Waals surface area contributed by atoms with Crippen LogP contribution >= 0.6 is 31.9 Å². The first kappa shape index (κ1) is 12.8. The minimum atomic E-state index is -0.423. The number of nitrogens with zero attached hydrogens (tertiary/aromatic N) is 1. The number of halogens is 2. The normalized spacial score (nSPS) is 16.6. The van der Waals surface area contributed by atoms with E-state index < -0.39 is 4.92 Å². The Hall–Kier alpha value is -0.620. The third kappa shape index (κ3) is 2.98. The molecule has 1 saturated carbocycles. The highest BCUT2D eigenvalue weighted by atomic mass is 79.9. The molecule has 2 rings (SSSR count). The zero-order chi connectivity index (χ0) is 12.5. The van der Waals surface area contributed by atoms with Crippen molar-refractivity contribution in [3.63, 3.8) is 0 Å². The number of hydrogen-bond acceptors (Lipinski definition) is 3. The first-order valence-corrected chi connectivity index (χ1v) is 7.10. The highest BCUT2D eigenvalue weighted by Gasteiger charge is 2.42. The molecule has 1 aromatic carbocycles. The van der Waals surface area contributed by atoms with Gasteiger partial charge in [0, 0.05) is 21.3 Å². The van der Waals surface area contributed by atoms with E-state index in [1.807, 2.05) is 0 Å². The van der Waals surface area contributed by atoms with Crippen LogP contribution in [0.4, 0.5) is 5.69 Å². The standard InChI is InChI=1S/C11H11Br2NO3/c12-6-11(3-4-11)7-17-10-2-1-8(13)5-9(10)14(15)16/h1-2,5H,3-4,6-7H2. The first-order chi connectivity index (χ1) is 8.06. The smallest absolute Gasteiger partial charge is 0.312 e.